The van der Waals surface area contributed by atoms with Gasteiger partial charge in [-0.3, -0.25) is 9.69 Å². The first-order valence-corrected chi connectivity index (χ1v) is 6.29. The fourth-order valence-corrected chi connectivity index (χ4v) is 2.34. The van der Waals surface area contributed by atoms with Crippen LogP contribution >= 0.6 is 0 Å². The van der Waals surface area contributed by atoms with Crippen LogP contribution in [0.15, 0.2) is 11.8 Å². The van der Waals surface area contributed by atoms with Gasteiger partial charge in [-0.25, -0.2) is 0 Å². The van der Waals surface area contributed by atoms with E-state index in [1.165, 1.54) is 0 Å². The number of carbonyl (C=O) groups excluding carboxylic acids is 1. The Hall–Kier alpha value is -1.07. The topological polar surface area (TPSA) is 58.8 Å². The van der Waals surface area contributed by atoms with E-state index in [1.54, 1.807) is 0 Å². The zero-order valence-electron chi connectivity index (χ0n) is 10.4. The Balaban J connectivity index is 1.88. The quantitative estimate of drug-likeness (QED) is 0.689. The van der Waals surface area contributed by atoms with Gasteiger partial charge >= 0.3 is 0 Å². The molecule has 96 valence electrons. The summed E-state index contributed by atoms with van der Waals surface area (Å²) in [5.41, 5.74) is 6.08. The van der Waals surface area contributed by atoms with Crippen LogP contribution in [0, 0.1) is 0 Å². The van der Waals surface area contributed by atoms with Crippen molar-refractivity contribution >= 4 is 5.91 Å². The van der Waals surface area contributed by atoms with Gasteiger partial charge in [-0.05, 0) is 6.42 Å². The predicted octanol–water partition coefficient (Wildman–Crippen LogP) is -0.218. The lowest BCUT2D eigenvalue weighted by Crippen LogP contribution is -2.56. The number of primary amides is 1. The first-order valence-electron chi connectivity index (χ1n) is 6.29. The molecule has 17 heavy (non-hydrogen) atoms. The van der Waals surface area contributed by atoms with E-state index in [-0.39, 0.29) is 5.91 Å². The molecule has 2 aliphatic rings. The molecule has 0 aromatic carbocycles. The fourth-order valence-electron chi connectivity index (χ4n) is 2.34. The molecule has 0 aromatic heterocycles. The Morgan fingerprint density at radius 2 is 2.00 bits per heavy atom. The number of carbonyl (C=O) groups is 1. The molecule has 0 spiro atoms. The normalized spacial score (nSPS) is 23.6. The number of rotatable bonds is 4. The van der Waals surface area contributed by atoms with Gasteiger partial charge in [0.2, 0.25) is 0 Å². The van der Waals surface area contributed by atoms with Crippen molar-refractivity contribution in [3.05, 3.63) is 11.8 Å². The number of amides is 1. The second-order valence-corrected chi connectivity index (χ2v) is 4.58. The lowest BCUT2D eigenvalue weighted by atomic mass is 10.1. The predicted molar refractivity (Wildman–Crippen MR) is 65.3 cm³/mol. The molecule has 5 heteroatoms. The molecule has 0 atom stereocenters. The molecule has 1 amide bonds. The van der Waals surface area contributed by atoms with Crippen molar-refractivity contribution < 1.29 is 9.53 Å². The van der Waals surface area contributed by atoms with E-state index in [0.29, 0.717) is 11.7 Å². The van der Waals surface area contributed by atoms with Gasteiger partial charge in [0.15, 0.2) is 0 Å². The highest BCUT2D eigenvalue weighted by atomic mass is 16.5. The first kappa shape index (κ1) is 12.4. The monoisotopic (exact) mass is 239 g/mol. The minimum Gasteiger partial charge on any atom is -0.378 e. The number of hydrogen-bond acceptors (Lipinski definition) is 4. The van der Waals surface area contributed by atoms with Crippen LogP contribution in [0.4, 0.5) is 0 Å². The number of piperazine rings is 1. The summed E-state index contributed by atoms with van der Waals surface area (Å²) in [6, 6.07) is 0.587. The van der Waals surface area contributed by atoms with E-state index < -0.39 is 0 Å². The van der Waals surface area contributed by atoms with E-state index in [2.05, 4.69) is 9.80 Å². The summed E-state index contributed by atoms with van der Waals surface area (Å²) in [5, 5.41) is 0. The van der Waals surface area contributed by atoms with Crippen LogP contribution in [0.2, 0.25) is 0 Å². The summed E-state index contributed by atoms with van der Waals surface area (Å²) < 4.78 is 5.20. The standard InChI is InChI=1S/C12H21N3O2/c1-2-3-11(12(13)16)15-6-4-14(5-7-15)10-8-17-9-10/h3,10H,2,4-9H2,1H3,(H2,13,16). The fraction of sp³-hybridized carbons (Fsp3) is 0.750. The van der Waals surface area contributed by atoms with Gasteiger partial charge in [0.25, 0.3) is 5.91 Å². The molecular weight excluding hydrogens is 218 g/mol. The molecule has 2 heterocycles. The van der Waals surface area contributed by atoms with Crippen LogP contribution in [-0.2, 0) is 9.53 Å². The molecule has 0 aliphatic carbocycles. The van der Waals surface area contributed by atoms with Gasteiger partial charge < -0.3 is 15.4 Å². The zero-order valence-corrected chi connectivity index (χ0v) is 10.4. The van der Waals surface area contributed by atoms with Crippen LogP contribution in [0.25, 0.3) is 0 Å². The Morgan fingerprint density at radius 3 is 2.41 bits per heavy atom. The second-order valence-electron chi connectivity index (χ2n) is 4.58. The minimum absolute atomic E-state index is 0.313. The van der Waals surface area contributed by atoms with Gasteiger partial charge in [-0.2, -0.15) is 0 Å². The van der Waals surface area contributed by atoms with Crippen molar-refractivity contribution in [2.24, 2.45) is 5.73 Å². The molecular formula is C12H21N3O2. The third-order valence-corrected chi connectivity index (χ3v) is 3.44. The lowest BCUT2D eigenvalue weighted by Gasteiger charge is -2.43. The van der Waals surface area contributed by atoms with Crippen molar-refractivity contribution in [2.45, 2.75) is 19.4 Å². The van der Waals surface area contributed by atoms with Crippen molar-refractivity contribution in [3.63, 3.8) is 0 Å². The van der Waals surface area contributed by atoms with Crippen LogP contribution < -0.4 is 5.73 Å². The summed E-state index contributed by atoms with van der Waals surface area (Å²) in [7, 11) is 0. The van der Waals surface area contributed by atoms with Gasteiger partial charge in [-0.15, -0.1) is 0 Å². The Kier molecular flexibility index (Phi) is 4.02. The van der Waals surface area contributed by atoms with Gasteiger partial charge in [0.1, 0.15) is 0 Å². The van der Waals surface area contributed by atoms with Gasteiger partial charge in [0, 0.05) is 26.2 Å². The smallest absolute Gasteiger partial charge is 0.264 e. The zero-order chi connectivity index (χ0) is 12.3. The molecule has 0 unspecified atom stereocenters. The van der Waals surface area contributed by atoms with Crippen molar-refractivity contribution in [3.8, 4) is 0 Å². The number of hydrogen-bond donors (Lipinski definition) is 1. The van der Waals surface area contributed by atoms with Gasteiger partial charge in [0.05, 0.1) is 25.0 Å². The summed E-state index contributed by atoms with van der Waals surface area (Å²) in [4.78, 5) is 15.9. The minimum atomic E-state index is -0.313. The van der Waals surface area contributed by atoms with E-state index in [1.807, 2.05) is 13.0 Å². The number of nitrogens with two attached hydrogens (primary N) is 1. The van der Waals surface area contributed by atoms with Crippen molar-refractivity contribution in [1.29, 1.82) is 0 Å². The molecule has 2 fully saturated rings. The maximum atomic E-state index is 11.4. The average molecular weight is 239 g/mol. The molecule has 0 aromatic rings. The Bertz CT molecular complexity index is 305. The molecule has 0 saturated carbocycles. The molecule has 2 rings (SSSR count). The number of ether oxygens (including phenoxy) is 1. The summed E-state index contributed by atoms with van der Waals surface area (Å²) in [5.74, 6) is -0.313. The SMILES string of the molecule is CCC=C(C(N)=O)N1CCN(C2COC2)CC1. The highest BCUT2D eigenvalue weighted by Gasteiger charge is 2.29. The van der Waals surface area contributed by atoms with Crippen LogP contribution in [0.3, 0.4) is 0 Å². The summed E-state index contributed by atoms with van der Waals surface area (Å²) >= 11 is 0. The second kappa shape index (κ2) is 5.51. The molecule has 0 bridgehead atoms. The molecule has 2 saturated heterocycles. The largest absolute Gasteiger partial charge is 0.378 e. The van der Waals surface area contributed by atoms with Crippen LogP contribution in [-0.4, -0.2) is 61.1 Å². The van der Waals surface area contributed by atoms with Crippen LogP contribution in [0.1, 0.15) is 13.3 Å². The maximum absolute atomic E-state index is 11.4. The van der Waals surface area contributed by atoms with Crippen LogP contribution in [0.5, 0.6) is 0 Å². The number of allylic oxidation sites excluding steroid dienone is 1. The molecule has 5 nitrogen and oxygen atoms in total. The van der Waals surface area contributed by atoms with Crippen molar-refractivity contribution in [1.82, 2.24) is 9.80 Å². The third kappa shape index (κ3) is 2.79. The lowest BCUT2D eigenvalue weighted by molar-refractivity contribution is -0.116. The number of nitrogens with zero attached hydrogens (tertiary/aromatic N) is 2. The van der Waals surface area contributed by atoms with E-state index >= 15 is 0 Å². The molecule has 0 radical (unpaired) electrons. The van der Waals surface area contributed by atoms with Gasteiger partial charge in [-0.1, -0.05) is 13.0 Å². The summed E-state index contributed by atoms with van der Waals surface area (Å²) in [6.07, 6.45) is 2.76. The maximum Gasteiger partial charge on any atom is 0.264 e. The van der Waals surface area contributed by atoms with E-state index in [0.717, 1.165) is 45.8 Å². The Morgan fingerprint density at radius 1 is 1.35 bits per heavy atom. The first-order chi connectivity index (χ1) is 8.22. The highest BCUT2D eigenvalue weighted by Crippen LogP contribution is 2.16. The van der Waals surface area contributed by atoms with E-state index in [4.69, 9.17) is 10.5 Å². The molecule has 2 aliphatic heterocycles. The third-order valence-electron chi connectivity index (χ3n) is 3.44. The molecule has 2 N–H and O–H groups in total. The van der Waals surface area contributed by atoms with Crippen molar-refractivity contribution in [2.75, 3.05) is 39.4 Å². The van der Waals surface area contributed by atoms with E-state index in [9.17, 15) is 4.79 Å². The Labute approximate surface area is 102 Å². The highest BCUT2D eigenvalue weighted by molar-refractivity contribution is 5.91. The average Bonchev–Trinajstić information content (AvgIpc) is 2.24. The summed E-state index contributed by atoms with van der Waals surface area (Å²) in [6.45, 7) is 7.47.